The first-order valence-electron chi connectivity index (χ1n) is 14.9. The van der Waals surface area contributed by atoms with E-state index in [2.05, 4.69) is 116 Å². The maximum Gasteiger partial charge on any atom is 0.200 e. The van der Waals surface area contributed by atoms with Crippen molar-refractivity contribution in [1.82, 2.24) is 0 Å². The number of ether oxygens (including phenoxy) is 2. The Morgan fingerprint density at radius 3 is 1.32 bits per heavy atom. The lowest BCUT2D eigenvalue weighted by Crippen LogP contribution is -2.48. The highest BCUT2D eigenvalue weighted by atomic mass is 32.1. The van der Waals surface area contributed by atoms with Crippen LogP contribution in [-0.4, -0.2) is 50.7 Å². The fourth-order valence-corrected chi connectivity index (χ4v) is 12.2. The van der Waals surface area contributed by atoms with Crippen molar-refractivity contribution in [3.05, 3.63) is 71.8 Å². The second-order valence-corrected chi connectivity index (χ2v) is 17.5. The third-order valence-electron chi connectivity index (χ3n) is 8.19. The fourth-order valence-electron chi connectivity index (χ4n) is 6.21. The van der Waals surface area contributed by atoms with E-state index in [4.69, 9.17) is 19.0 Å². The first-order chi connectivity index (χ1) is 19.1. The minimum absolute atomic E-state index is 0.0806. The second kappa shape index (κ2) is 20.2. The molecular formula is C33H56O4S2Si. The number of aliphatic hydroxyl groups is 1. The molecule has 40 heavy (non-hydrogen) atoms. The van der Waals surface area contributed by atoms with Gasteiger partial charge >= 0.3 is 0 Å². The minimum Gasteiger partial charge on any atom is -0.416 e. The molecule has 0 aliphatic heterocycles. The van der Waals surface area contributed by atoms with Gasteiger partial charge < -0.3 is 19.0 Å². The molecule has 7 heteroatoms. The Morgan fingerprint density at radius 2 is 1.00 bits per heavy atom. The maximum atomic E-state index is 9.04. The molecule has 2 rings (SSSR count). The summed E-state index contributed by atoms with van der Waals surface area (Å²) in [6.07, 6.45) is 1.92. The lowest BCUT2D eigenvalue weighted by atomic mass is 9.91. The van der Waals surface area contributed by atoms with E-state index in [1.807, 2.05) is 25.1 Å². The van der Waals surface area contributed by atoms with E-state index < -0.39 is 8.32 Å². The summed E-state index contributed by atoms with van der Waals surface area (Å²) in [5, 5.41) is 9.04. The number of rotatable bonds is 17. The topological polar surface area (TPSA) is 47.9 Å². The summed E-state index contributed by atoms with van der Waals surface area (Å²) in [5.41, 5.74) is 4.39. The molecule has 4 unspecified atom stereocenters. The van der Waals surface area contributed by atoms with Crippen LogP contribution in [0.2, 0.25) is 16.6 Å². The highest BCUT2D eigenvalue weighted by Crippen LogP contribution is 2.42. The molecule has 0 aliphatic carbocycles. The van der Waals surface area contributed by atoms with Crippen LogP contribution in [0.15, 0.2) is 60.7 Å². The normalized spacial score (nSPS) is 15.1. The summed E-state index contributed by atoms with van der Waals surface area (Å²) in [5.74, 6) is 1.44. The molecule has 228 valence electrons. The SMILES string of the molecule is CC(OCS)C(CCO)c1ccccc1.CC(OCS)C(CCO[Si](C(C)C)(C(C)C)C(C)C)c1ccccc1. The molecule has 0 aromatic heterocycles. The molecule has 1 N–H and O–H groups in total. The van der Waals surface area contributed by atoms with E-state index in [1.165, 1.54) is 11.1 Å². The molecular weight excluding hydrogens is 553 g/mol. The third kappa shape index (κ3) is 11.5. The van der Waals surface area contributed by atoms with E-state index in [1.54, 1.807) is 0 Å². The highest BCUT2D eigenvalue weighted by molar-refractivity contribution is 7.80. The summed E-state index contributed by atoms with van der Waals surface area (Å²) in [6.45, 7) is 19.2. The van der Waals surface area contributed by atoms with Gasteiger partial charge in [-0.05, 0) is 54.4 Å². The van der Waals surface area contributed by atoms with Crippen molar-refractivity contribution in [1.29, 1.82) is 0 Å². The van der Waals surface area contributed by atoms with Gasteiger partial charge in [0.1, 0.15) is 0 Å². The maximum absolute atomic E-state index is 9.04. The minimum atomic E-state index is -1.80. The lowest BCUT2D eigenvalue weighted by molar-refractivity contribution is 0.0738. The number of benzene rings is 2. The van der Waals surface area contributed by atoms with E-state index in [9.17, 15) is 0 Å². The molecule has 4 atom stereocenters. The molecule has 0 saturated carbocycles. The molecule has 4 nitrogen and oxygen atoms in total. The van der Waals surface area contributed by atoms with Crippen LogP contribution in [0.5, 0.6) is 0 Å². The van der Waals surface area contributed by atoms with Crippen molar-refractivity contribution in [3.63, 3.8) is 0 Å². The highest BCUT2D eigenvalue weighted by Gasteiger charge is 2.45. The number of hydrogen-bond acceptors (Lipinski definition) is 6. The molecule has 2 aromatic carbocycles. The smallest absolute Gasteiger partial charge is 0.200 e. The van der Waals surface area contributed by atoms with Gasteiger partial charge in [-0.3, -0.25) is 0 Å². The summed E-state index contributed by atoms with van der Waals surface area (Å²) < 4.78 is 18.0. The van der Waals surface area contributed by atoms with Gasteiger partial charge in [0.15, 0.2) is 8.32 Å². The van der Waals surface area contributed by atoms with Gasteiger partial charge in [0, 0.05) is 25.0 Å². The summed E-state index contributed by atoms with van der Waals surface area (Å²) in [6, 6.07) is 20.8. The van der Waals surface area contributed by atoms with E-state index in [0.717, 1.165) is 19.4 Å². The van der Waals surface area contributed by atoms with Gasteiger partial charge in [0.2, 0.25) is 0 Å². The van der Waals surface area contributed by atoms with Crippen LogP contribution in [-0.2, 0) is 13.9 Å². The lowest BCUT2D eigenvalue weighted by Gasteiger charge is -2.42. The fraction of sp³-hybridized carbons (Fsp3) is 0.636. The summed E-state index contributed by atoms with van der Waals surface area (Å²) >= 11 is 8.29. The van der Waals surface area contributed by atoms with Gasteiger partial charge in [-0.2, -0.15) is 25.3 Å². The molecule has 2 aromatic rings. The molecule has 0 bridgehead atoms. The van der Waals surface area contributed by atoms with E-state index in [-0.39, 0.29) is 24.7 Å². The van der Waals surface area contributed by atoms with E-state index in [0.29, 0.717) is 34.4 Å². The van der Waals surface area contributed by atoms with Crippen molar-refractivity contribution in [2.75, 3.05) is 25.1 Å². The Balaban J connectivity index is 0.000000453. The molecule has 0 amide bonds. The summed E-state index contributed by atoms with van der Waals surface area (Å²) in [4.78, 5) is 0. The van der Waals surface area contributed by atoms with Crippen molar-refractivity contribution >= 4 is 33.6 Å². The van der Waals surface area contributed by atoms with Crippen LogP contribution in [0.25, 0.3) is 0 Å². The molecule has 0 saturated heterocycles. The number of hydrogen-bond donors (Lipinski definition) is 3. The zero-order valence-electron chi connectivity index (χ0n) is 26.1. The summed E-state index contributed by atoms with van der Waals surface area (Å²) in [7, 11) is -1.80. The Kier molecular flexibility index (Phi) is 18.8. The zero-order chi connectivity index (χ0) is 30.1. The molecule has 0 heterocycles. The van der Waals surface area contributed by atoms with Crippen LogP contribution < -0.4 is 0 Å². The zero-order valence-corrected chi connectivity index (χ0v) is 28.9. The van der Waals surface area contributed by atoms with Gasteiger partial charge in [-0.1, -0.05) is 102 Å². The van der Waals surface area contributed by atoms with Crippen LogP contribution >= 0.6 is 25.3 Å². The average Bonchev–Trinajstić information content (AvgIpc) is 2.92. The quantitative estimate of drug-likeness (QED) is 0.0952. The molecule has 0 spiro atoms. The van der Waals surface area contributed by atoms with Crippen molar-refractivity contribution in [2.45, 2.75) is 109 Å². The van der Waals surface area contributed by atoms with Crippen LogP contribution in [0.3, 0.4) is 0 Å². The predicted molar refractivity (Wildman–Crippen MR) is 180 cm³/mol. The number of aliphatic hydroxyl groups excluding tert-OH is 1. The largest absolute Gasteiger partial charge is 0.416 e. The molecule has 0 fully saturated rings. The first-order valence-corrected chi connectivity index (χ1v) is 18.3. The van der Waals surface area contributed by atoms with Gasteiger partial charge in [0.25, 0.3) is 0 Å². The Morgan fingerprint density at radius 1 is 0.625 bits per heavy atom. The van der Waals surface area contributed by atoms with Gasteiger partial charge in [-0.25, -0.2) is 0 Å². The van der Waals surface area contributed by atoms with Gasteiger partial charge in [-0.15, -0.1) is 0 Å². The van der Waals surface area contributed by atoms with Crippen molar-refractivity contribution in [2.24, 2.45) is 0 Å². The predicted octanol–water partition coefficient (Wildman–Crippen LogP) is 9.09. The Bertz CT molecular complexity index is 861. The van der Waals surface area contributed by atoms with Crippen molar-refractivity contribution < 1.29 is 19.0 Å². The average molecular weight is 609 g/mol. The Hall–Kier alpha value is -0.803. The third-order valence-corrected chi connectivity index (χ3v) is 14.6. The monoisotopic (exact) mass is 608 g/mol. The second-order valence-electron chi connectivity index (χ2n) is 11.5. The molecule has 0 radical (unpaired) electrons. The standard InChI is InChI=1S/C21H38O2SSi.C12H18O2S/c1-16(2)25(17(3)4,18(5)6)23-14-13-21(19(7)22-15-24)20-11-9-8-10-12-20;1-10(14-9-15)12(7-8-13)11-5-3-2-4-6-11/h8-12,16-19,21,24H,13-15H2,1-7H3;2-6,10,12-13,15H,7-9H2,1H3. The van der Waals surface area contributed by atoms with Crippen LogP contribution in [0, 0.1) is 0 Å². The van der Waals surface area contributed by atoms with E-state index >= 15 is 0 Å². The van der Waals surface area contributed by atoms with Gasteiger partial charge in [0.05, 0.1) is 24.1 Å². The van der Waals surface area contributed by atoms with Crippen molar-refractivity contribution in [3.8, 4) is 0 Å². The number of thiol groups is 2. The molecule has 0 aliphatic rings. The van der Waals surface area contributed by atoms with Crippen LogP contribution in [0.4, 0.5) is 0 Å². The first kappa shape index (κ1) is 37.2. The Labute approximate surface area is 257 Å². The van der Waals surface area contributed by atoms with Crippen LogP contribution in [0.1, 0.15) is 91.2 Å².